The fraction of sp³-hybridized carbons (Fsp3) is 0.176. The number of nitrogens with one attached hydrogen (secondary N) is 1. The van der Waals surface area contributed by atoms with E-state index in [1.165, 1.54) is 11.3 Å². The van der Waals surface area contributed by atoms with E-state index in [1.807, 2.05) is 38.1 Å². The number of rotatable bonds is 6. The topological polar surface area (TPSA) is 67.2 Å². The van der Waals surface area contributed by atoms with Crippen LogP contribution in [0.1, 0.15) is 32.7 Å². The molecule has 0 fully saturated rings. The Hall–Kier alpha value is -1.74. The number of hydrogen-bond acceptors (Lipinski definition) is 7. The molecule has 0 saturated carbocycles. The first-order valence-corrected chi connectivity index (χ1v) is 10.6. The van der Waals surface area contributed by atoms with Crippen molar-refractivity contribution in [3.05, 3.63) is 61.7 Å². The van der Waals surface area contributed by atoms with E-state index < -0.39 is 0 Å². The van der Waals surface area contributed by atoms with E-state index in [0.717, 1.165) is 31.3 Å². The molecule has 9 heteroatoms. The number of hydrazone groups is 1. The summed E-state index contributed by atoms with van der Waals surface area (Å²) >= 11 is 10.5. The van der Waals surface area contributed by atoms with Gasteiger partial charge in [0.2, 0.25) is 0 Å². The van der Waals surface area contributed by atoms with Gasteiger partial charge in [0, 0.05) is 11.3 Å². The molecule has 1 N–H and O–H groups in total. The van der Waals surface area contributed by atoms with Crippen LogP contribution in [0.15, 0.2) is 45.8 Å². The molecule has 0 saturated heterocycles. The van der Waals surface area contributed by atoms with Gasteiger partial charge in [-0.3, -0.25) is 4.79 Å². The predicted molar refractivity (Wildman–Crippen MR) is 110 cm³/mol. The molecule has 0 aliphatic rings. The second-order valence-electron chi connectivity index (χ2n) is 5.31. The molecule has 0 unspecified atom stereocenters. The Morgan fingerprint density at radius 1 is 1.19 bits per heavy atom. The number of benzene rings is 1. The fourth-order valence-corrected chi connectivity index (χ4v) is 4.76. The van der Waals surface area contributed by atoms with Gasteiger partial charge in [-0.15, -0.1) is 21.5 Å². The van der Waals surface area contributed by atoms with E-state index in [1.54, 1.807) is 35.2 Å². The number of aromatic nitrogens is 2. The molecule has 26 heavy (non-hydrogen) atoms. The molecule has 2 heterocycles. The quantitative estimate of drug-likeness (QED) is 0.344. The van der Waals surface area contributed by atoms with Crippen LogP contribution in [0, 0.1) is 6.92 Å². The van der Waals surface area contributed by atoms with Crippen LogP contribution in [-0.2, 0) is 5.75 Å². The zero-order chi connectivity index (χ0) is 18.5. The fourth-order valence-electron chi connectivity index (χ4n) is 2.00. The normalized spacial score (nSPS) is 11.6. The van der Waals surface area contributed by atoms with Crippen molar-refractivity contribution in [3.63, 3.8) is 0 Å². The van der Waals surface area contributed by atoms with Gasteiger partial charge in [-0.1, -0.05) is 46.8 Å². The van der Waals surface area contributed by atoms with Gasteiger partial charge in [-0.05, 0) is 43.7 Å². The molecular weight excluding hydrogens is 408 g/mol. The van der Waals surface area contributed by atoms with Crippen molar-refractivity contribution in [2.75, 3.05) is 0 Å². The number of hydrogen-bond donors (Lipinski definition) is 1. The minimum Gasteiger partial charge on any atom is -0.267 e. The summed E-state index contributed by atoms with van der Waals surface area (Å²) in [5.74, 6) is 0.540. The highest BCUT2D eigenvalue weighted by molar-refractivity contribution is 8.00. The number of halogens is 1. The van der Waals surface area contributed by atoms with Crippen LogP contribution in [0.5, 0.6) is 0 Å². The Balaban J connectivity index is 1.56. The maximum atomic E-state index is 12.2. The van der Waals surface area contributed by atoms with Gasteiger partial charge in [-0.25, -0.2) is 5.43 Å². The molecule has 1 aromatic carbocycles. The number of carbonyl (C=O) groups is 1. The average Bonchev–Trinajstić information content (AvgIpc) is 3.26. The van der Waals surface area contributed by atoms with E-state index in [4.69, 9.17) is 11.6 Å². The first-order valence-electron chi connectivity index (χ1n) is 7.63. The lowest BCUT2D eigenvalue weighted by molar-refractivity contribution is 0.0955. The molecule has 1 amide bonds. The van der Waals surface area contributed by atoms with Crippen molar-refractivity contribution in [1.82, 2.24) is 15.6 Å². The van der Waals surface area contributed by atoms with Crippen LogP contribution in [0.2, 0.25) is 4.34 Å². The third kappa shape index (κ3) is 5.14. The lowest BCUT2D eigenvalue weighted by Crippen LogP contribution is -2.19. The van der Waals surface area contributed by atoms with Gasteiger partial charge in [0.25, 0.3) is 5.91 Å². The molecule has 0 radical (unpaired) electrons. The zero-order valence-corrected chi connectivity index (χ0v) is 17.2. The highest BCUT2D eigenvalue weighted by Crippen LogP contribution is 2.25. The average molecular weight is 423 g/mol. The van der Waals surface area contributed by atoms with Crippen molar-refractivity contribution >= 4 is 57.7 Å². The summed E-state index contributed by atoms with van der Waals surface area (Å²) in [6.07, 6.45) is 0. The lowest BCUT2D eigenvalue weighted by Gasteiger charge is -2.03. The highest BCUT2D eigenvalue weighted by atomic mass is 35.5. The largest absolute Gasteiger partial charge is 0.271 e. The minimum atomic E-state index is -0.244. The summed E-state index contributed by atoms with van der Waals surface area (Å²) < 4.78 is 1.64. The smallest absolute Gasteiger partial charge is 0.267 e. The molecular formula is C17H15ClN4OS3. The summed E-state index contributed by atoms with van der Waals surface area (Å²) in [6.45, 7) is 3.77. The number of thiophene rings is 1. The van der Waals surface area contributed by atoms with Crippen molar-refractivity contribution in [2.45, 2.75) is 23.9 Å². The van der Waals surface area contributed by atoms with Gasteiger partial charge in [0.05, 0.1) is 14.9 Å². The van der Waals surface area contributed by atoms with Gasteiger partial charge in [0.15, 0.2) is 4.34 Å². The van der Waals surface area contributed by atoms with Gasteiger partial charge < -0.3 is 0 Å². The molecule has 134 valence electrons. The van der Waals surface area contributed by atoms with Crippen molar-refractivity contribution in [2.24, 2.45) is 5.10 Å². The molecule has 2 aromatic heterocycles. The van der Waals surface area contributed by atoms with Crippen molar-refractivity contribution in [3.8, 4) is 0 Å². The molecule has 3 rings (SSSR count). The SMILES string of the molecule is CC(=NNC(=O)c1ccc(CSc2nnc(C)s2)cc1)c1ccc(Cl)s1. The molecule has 0 aliphatic carbocycles. The van der Waals surface area contributed by atoms with Crippen molar-refractivity contribution in [1.29, 1.82) is 0 Å². The molecule has 0 aliphatic heterocycles. The maximum absolute atomic E-state index is 12.2. The van der Waals surface area contributed by atoms with Crippen LogP contribution in [-0.4, -0.2) is 21.8 Å². The van der Waals surface area contributed by atoms with Gasteiger partial charge in [0.1, 0.15) is 5.01 Å². The first kappa shape index (κ1) is 19.0. The number of carbonyl (C=O) groups excluding carboxylic acids is 1. The van der Waals surface area contributed by atoms with Crippen LogP contribution >= 0.6 is 46.0 Å². The molecule has 0 spiro atoms. The van der Waals surface area contributed by atoms with Crippen molar-refractivity contribution < 1.29 is 4.79 Å². The molecule has 0 atom stereocenters. The van der Waals surface area contributed by atoms with Crippen LogP contribution < -0.4 is 5.43 Å². The number of thioether (sulfide) groups is 1. The summed E-state index contributed by atoms with van der Waals surface area (Å²) in [6, 6.07) is 11.1. The standard InChI is InChI=1S/C17H15ClN4OS3/c1-10(14-7-8-15(18)26-14)19-21-16(23)13-5-3-12(4-6-13)9-24-17-22-20-11(2)25-17/h3-8H,9H2,1-2H3,(H,21,23). The number of aryl methyl sites for hydroxylation is 1. The summed E-state index contributed by atoms with van der Waals surface area (Å²) in [5.41, 5.74) is 4.97. The Kier molecular flexibility index (Phi) is 6.42. The highest BCUT2D eigenvalue weighted by Gasteiger charge is 2.07. The Morgan fingerprint density at radius 2 is 1.96 bits per heavy atom. The van der Waals surface area contributed by atoms with Crippen LogP contribution in [0.25, 0.3) is 0 Å². The minimum absolute atomic E-state index is 0.244. The first-order chi connectivity index (χ1) is 12.5. The predicted octanol–water partition coefficient (Wildman–Crippen LogP) is 5.01. The van der Waals surface area contributed by atoms with Gasteiger partial charge in [-0.2, -0.15) is 5.10 Å². The van der Waals surface area contributed by atoms with Gasteiger partial charge >= 0.3 is 0 Å². The van der Waals surface area contributed by atoms with E-state index in [-0.39, 0.29) is 5.91 Å². The summed E-state index contributed by atoms with van der Waals surface area (Å²) in [7, 11) is 0. The van der Waals surface area contributed by atoms with Crippen LogP contribution in [0.3, 0.4) is 0 Å². The lowest BCUT2D eigenvalue weighted by atomic mass is 10.1. The monoisotopic (exact) mass is 422 g/mol. The van der Waals surface area contributed by atoms with E-state index in [0.29, 0.717) is 9.90 Å². The Morgan fingerprint density at radius 3 is 2.58 bits per heavy atom. The number of amides is 1. The molecule has 3 aromatic rings. The molecule has 0 bridgehead atoms. The van der Waals surface area contributed by atoms with Crippen LogP contribution in [0.4, 0.5) is 0 Å². The summed E-state index contributed by atoms with van der Waals surface area (Å²) in [5, 5.41) is 13.2. The second kappa shape index (κ2) is 8.77. The molecule has 5 nitrogen and oxygen atoms in total. The third-order valence-corrected chi connectivity index (χ3v) is 6.72. The number of nitrogens with zero attached hydrogens (tertiary/aromatic N) is 3. The maximum Gasteiger partial charge on any atom is 0.271 e. The Bertz CT molecular complexity index is 934. The van der Waals surface area contributed by atoms with E-state index in [9.17, 15) is 4.79 Å². The van der Waals surface area contributed by atoms with E-state index >= 15 is 0 Å². The Labute approximate surface area is 168 Å². The third-order valence-electron chi connectivity index (χ3n) is 3.34. The second-order valence-corrected chi connectivity index (χ2v) is 9.43. The summed E-state index contributed by atoms with van der Waals surface area (Å²) in [4.78, 5) is 13.1. The van der Waals surface area contributed by atoms with E-state index in [2.05, 4.69) is 20.7 Å². The zero-order valence-electron chi connectivity index (χ0n) is 14.0.